The Kier molecular flexibility index (Phi) is 4.79. The van der Waals surface area contributed by atoms with Crippen molar-refractivity contribution >= 4 is 52.2 Å². The Hall–Kier alpha value is -2.11. The summed E-state index contributed by atoms with van der Waals surface area (Å²) < 4.78 is 0.683. The highest BCUT2D eigenvalue weighted by atomic mass is 35.5. The van der Waals surface area contributed by atoms with Gasteiger partial charge >= 0.3 is 0 Å². The van der Waals surface area contributed by atoms with E-state index < -0.39 is 0 Å². The van der Waals surface area contributed by atoms with Gasteiger partial charge in [-0.3, -0.25) is 9.59 Å². The van der Waals surface area contributed by atoms with Gasteiger partial charge in [-0.2, -0.15) is 0 Å². The molecule has 6 heteroatoms. The number of rotatable bonds is 4. The smallest absolute Gasteiger partial charge is 0.248 e. The molecule has 4 nitrogen and oxygen atoms in total. The molecule has 0 spiro atoms. The van der Waals surface area contributed by atoms with Gasteiger partial charge in [0.15, 0.2) is 0 Å². The van der Waals surface area contributed by atoms with Crippen LogP contribution in [0.2, 0.25) is 4.34 Å². The maximum atomic E-state index is 12.1. The minimum absolute atomic E-state index is 0.0930. The lowest BCUT2D eigenvalue weighted by atomic mass is 10.2. The third-order valence-corrected chi connectivity index (χ3v) is 4.72. The SMILES string of the molecule is O=C(/C=C/c1ccc(Cl)s1)Nc1ccccc1N1CCCC1=O. The average Bonchev–Trinajstić information content (AvgIpc) is 3.14. The molecule has 0 unspecified atom stereocenters. The highest BCUT2D eigenvalue weighted by Gasteiger charge is 2.23. The van der Waals surface area contributed by atoms with Gasteiger partial charge in [0.05, 0.1) is 15.7 Å². The van der Waals surface area contributed by atoms with Gasteiger partial charge in [-0.05, 0) is 36.8 Å². The van der Waals surface area contributed by atoms with E-state index in [2.05, 4.69) is 5.32 Å². The number of carbonyl (C=O) groups excluding carboxylic acids is 2. The van der Waals surface area contributed by atoms with Crippen LogP contribution in [0, 0.1) is 0 Å². The Bertz CT molecular complexity index is 769. The first-order valence-electron chi connectivity index (χ1n) is 7.27. The number of nitrogens with zero attached hydrogens (tertiary/aromatic N) is 1. The molecule has 0 atom stereocenters. The lowest BCUT2D eigenvalue weighted by molar-refractivity contribution is -0.117. The molecule has 2 heterocycles. The second-order valence-corrected chi connectivity index (χ2v) is 6.88. The summed E-state index contributed by atoms with van der Waals surface area (Å²) in [6, 6.07) is 11.0. The van der Waals surface area contributed by atoms with Crippen molar-refractivity contribution in [3.8, 4) is 0 Å². The van der Waals surface area contributed by atoms with Gasteiger partial charge in [-0.1, -0.05) is 23.7 Å². The van der Waals surface area contributed by atoms with Crippen molar-refractivity contribution in [2.24, 2.45) is 0 Å². The van der Waals surface area contributed by atoms with E-state index in [1.165, 1.54) is 17.4 Å². The van der Waals surface area contributed by atoms with E-state index in [0.29, 0.717) is 23.0 Å². The van der Waals surface area contributed by atoms with E-state index in [-0.39, 0.29) is 11.8 Å². The highest BCUT2D eigenvalue weighted by Crippen LogP contribution is 2.29. The summed E-state index contributed by atoms with van der Waals surface area (Å²) in [4.78, 5) is 26.7. The molecule has 1 aromatic carbocycles. The minimum Gasteiger partial charge on any atom is -0.321 e. The van der Waals surface area contributed by atoms with Gasteiger partial charge in [0.25, 0.3) is 0 Å². The molecule has 118 valence electrons. The Morgan fingerprint density at radius 3 is 2.78 bits per heavy atom. The van der Waals surface area contributed by atoms with Crippen molar-refractivity contribution in [2.75, 3.05) is 16.8 Å². The van der Waals surface area contributed by atoms with Crippen molar-refractivity contribution < 1.29 is 9.59 Å². The predicted molar refractivity (Wildman–Crippen MR) is 95.0 cm³/mol. The fourth-order valence-electron chi connectivity index (χ4n) is 2.47. The van der Waals surface area contributed by atoms with Crippen molar-refractivity contribution in [3.05, 3.63) is 51.7 Å². The van der Waals surface area contributed by atoms with Gasteiger partial charge in [0.1, 0.15) is 0 Å². The lowest BCUT2D eigenvalue weighted by Gasteiger charge is -2.19. The van der Waals surface area contributed by atoms with Gasteiger partial charge in [0.2, 0.25) is 11.8 Å². The van der Waals surface area contributed by atoms with Crippen LogP contribution in [0.4, 0.5) is 11.4 Å². The number of anilines is 2. The number of hydrogen-bond donors (Lipinski definition) is 1. The highest BCUT2D eigenvalue weighted by molar-refractivity contribution is 7.17. The number of benzene rings is 1. The average molecular weight is 347 g/mol. The first-order valence-corrected chi connectivity index (χ1v) is 8.47. The molecule has 2 amide bonds. The van der Waals surface area contributed by atoms with E-state index in [9.17, 15) is 9.59 Å². The van der Waals surface area contributed by atoms with Gasteiger partial charge < -0.3 is 10.2 Å². The predicted octanol–water partition coefficient (Wildman–Crippen LogP) is 4.18. The third-order valence-electron chi connectivity index (χ3n) is 3.52. The number of para-hydroxylation sites is 2. The van der Waals surface area contributed by atoms with Crippen LogP contribution in [-0.4, -0.2) is 18.4 Å². The maximum absolute atomic E-state index is 12.1. The van der Waals surface area contributed by atoms with Crippen molar-refractivity contribution in [1.29, 1.82) is 0 Å². The van der Waals surface area contributed by atoms with Crippen LogP contribution in [0.15, 0.2) is 42.5 Å². The Morgan fingerprint density at radius 2 is 2.09 bits per heavy atom. The molecule has 2 aromatic rings. The van der Waals surface area contributed by atoms with E-state index in [4.69, 9.17) is 11.6 Å². The van der Waals surface area contributed by atoms with Crippen molar-refractivity contribution in [2.45, 2.75) is 12.8 Å². The monoisotopic (exact) mass is 346 g/mol. The summed E-state index contributed by atoms with van der Waals surface area (Å²) in [5.74, 6) is -0.149. The van der Waals surface area contributed by atoms with Crippen LogP contribution in [0.25, 0.3) is 6.08 Å². The van der Waals surface area contributed by atoms with Gasteiger partial charge in [-0.25, -0.2) is 0 Å². The maximum Gasteiger partial charge on any atom is 0.248 e. The standard InChI is InChI=1S/C17H15ClN2O2S/c18-15-9-7-12(23-15)8-10-16(21)19-13-4-1-2-5-14(13)20-11-3-6-17(20)22/h1-2,4-5,7-10H,3,6,11H2,(H,19,21)/b10-8+. The zero-order valence-electron chi connectivity index (χ0n) is 12.3. The molecule has 3 rings (SSSR count). The van der Waals surface area contributed by atoms with Gasteiger partial charge in [0, 0.05) is 23.9 Å². The third kappa shape index (κ3) is 3.81. The molecule has 1 saturated heterocycles. The molecule has 1 aliphatic heterocycles. The second-order valence-electron chi connectivity index (χ2n) is 5.13. The number of amides is 2. The summed E-state index contributed by atoms with van der Waals surface area (Å²) in [5, 5.41) is 2.84. The number of nitrogens with one attached hydrogen (secondary N) is 1. The molecule has 0 saturated carbocycles. The molecule has 0 aliphatic carbocycles. The number of halogens is 1. The normalized spacial score (nSPS) is 14.7. The second kappa shape index (κ2) is 6.98. The molecule has 23 heavy (non-hydrogen) atoms. The first-order chi connectivity index (χ1) is 11.1. The molecular weight excluding hydrogens is 332 g/mol. The molecule has 1 aromatic heterocycles. The van der Waals surface area contributed by atoms with Gasteiger partial charge in [-0.15, -0.1) is 11.3 Å². The minimum atomic E-state index is -0.242. The van der Waals surface area contributed by atoms with E-state index >= 15 is 0 Å². The lowest BCUT2D eigenvalue weighted by Crippen LogP contribution is -2.25. The molecule has 1 N–H and O–H groups in total. The van der Waals surface area contributed by atoms with E-state index in [1.807, 2.05) is 24.3 Å². The van der Waals surface area contributed by atoms with Crippen LogP contribution in [-0.2, 0) is 9.59 Å². The van der Waals surface area contributed by atoms with Crippen LogP contribution in [0.5, 0.6) is 0 Å². The van der Waals surface area contributed by atoms with Crippen LogP contribution in [0.3, 0.4) is 0 Å². The molecule has 0 bridgehead atoms. The number of hydrogen-bond acceptors (Lipinski definition) is 3. The Labute approximate surface area is 143 Å². The molecule has 0 radical (unpaired) electrons. The summed E-state index contributed by atoms with van der Waals surface area (Å²) >= 11 is 7.26. The summed E-state index contributed by atoms with van der Waals surface area (Å²) in [7, 11) is 0. The molecule has 1 aliphatic rings. The first kappa shape index (κ1) is 15.8. The summed E-state index contributed by atoms with van der Waals surface area (Å²) in [6.45, 7) is 0.690. The fourth-order valence-corrected chi connectivity index (χ4v) is 3.43. The Morgan fingerprint density at radius 1 is 1.26 bits per heavy atom. The largest absolute Gasteiger partial charge is 0.321 e. The topological polar surface area (TPSA) is 49.4 Å². The van der Waals surface area contributed by atoms with E-state index in [0.717, 1.165) is 17.0 Å². The van der Waals surface area contributed by atoms with Crippen molar-refractivity contribution in [1.82, 2.24) is 0 Å². The zero-order valence-corrected chi connectivity index (χ0v) is 13.9. The molecule has 1 fully saturated rings. The van der Waals surface area contributed by atoms with Crippen LogP contribution >= 0.6 is 22.9 Å². The zero-order chi connectivity index (χ0) is 16.2. The number of carbonyl (C=O) groups is 2. The molecular formula is C17H15ClN2O2S. The van der Waals surface area contributed by atoms with Crippen molar-refractivity contribution in [3.63, 3.8) is 0 Å². The van der Waals surface area contributed by atoms with Crippen LogP contribution in [0.1, 0.15) is 17.7 Å². The number of thiophene rings is 1. The Balaban J connectivity index is 1.73. The fraction of sp³-hybridized carbons (Fsp3) is 0.176. The van der Waals surface area contributed by atoms with E-state index in [1.54, 1.807) is 23.1 Å². The van der Waals surface area contributed by atoms with Crippen LogP contribution < -0.4 is 10.2 Å². The summed E-state index contributed by atoms with van der Waals surface area (Å²) in [5.41, 5.74) is 1.39. The summed E-state index contributed by atoms with van der Waals surface area (Å²) in [6.07, 6.45) is 4.59. The quantitative estimate of drug-likeness (QED) is 0.844.